The van der Waals surface area contributed by atoms with E-state index in [0.29, 0.717) is 38.2 Å². The number of hydrogen-bond acceptors (Lipinski definition) is 4. The topological polar surface area (TPSA) is 61.9 Å². The van der Waals surface area contributed by atoms with E-state index in [1.807, 2.05) is 30.3 Å². The maximum Gasteiger partial charge on any atom is 0.416 e. The van der Waals surface area contributed by atoms with Crippen LogP contribution in [0.5, 0.6) is 0 Å². The summed E-state index contributed by atoms with van der Waals surface area (Å²) in [6, 6.07) is 10.6. The molecule has 2 fully saturated rings. The van der Waals surface area contributed by atoms with Crippen LogP contribution in [0, 0.1) is 0 Å². The number of hydrogen-bond donors (Lipinski definition) is 1. The van der Waals surface area contributed by atoms with Crippen LogP contribution >= 0.6 is 0 Å². The fourth-order valence-corrected chi connectivity index (χ4v) is 5.01. The Morgan fingerprint density at radius 2 is 1.67 bits per heavy atom. The molecule has 2 aromatic rings. The number of nitrogens with zero attached hydrogens (tertiary/aromatic N) is 2. The number of piperazine rings is 1. The average Bonchev–Trinajstić information content (AvgIpc) is 2.88. The zero-order chi connectivity index (χ0) is 28.4. The quantitative estimate of drug-likeness (QED) is 0.527. The van der Waals surface area contributed by atoms with Crippen LogP contribution in [0.25, 0.3) is 0 Å². The molecule has 2 aliphatic heterocycles. The zero-order valence-corrected chi connectivity index (χ0v) is 21.2. The molecule has 0 aromatic heterocycles. The highest BCUT2D eigenvalue weighted by molar-refractivity contribution is 5.82. The summed E-state index contributed by atoms with van der Waals surface area (Å²) >= 11 is 0. The molecule has 2 amide bonds. The number of amides is 2. The Labute approximate surface area is 221 Å². The molecule has 2 aliphatic rings. The minimum absolute atomic E-state index is 0.0707. The van der Waals surface area contributed by atoms with Gasteiger partial charge in [0.05, 0.1) is 36.4 Å². The molecule has 12 heteroatoms. The summed E-state index contributed by atoms with van der Waals surface area (Å²) in [7, 11) is 0. The molecular weight excluding hydrogens is 528 g/mol. The van der Waals surface area contributed by atoms with E-state index in [0.717, 1.165) is 5.56 Å². The van der Waals surface area contributed by atoms with Crippen molar-refractivity contribution in [2.24, 2.45) is 0 Å². The molecule has 2 aromatic carbocycles. The van der Waals surface area contributed by atoms with Gasteiger partial charge in [-0.3, -0.25) is 14.5 Å². The highest BCUT2D eigenvalue weighted by Crippen LogP contribution is 2.39. The molecule has 4 rings (SSSR count). The summed E-state index contributed by atoms with van der Waals surface area (Å²) in [5.41, 5.74) is -2.18. The predicted octanol–water partition coefficient (Wildman–Crippen LogP) is 4.62. The Hall–Kier alpha value is -3.12. The largest absolute Gasteiger partial charge is 0.416 e. The van der Waals surface area contributed by atoms with Gasteiger partial charge in [-0.25, -0.2) is 0 Å². The lowest BCUT2D eigenvalue weighted by Crippen LogP contribution is -2.53. The van der Waals surface area contributed by atoms with Gasteiger partial charge in [0.25, 0.3) is 0 Å². The van der Waals surface area contributed by atoms with Crippen LogP contribution in [0.15, 0.2) is 48.5 Å². The molecular formula is C27H29F6N3O3. The minimum Gasteiger partial charge on any atom is -0.370 e. The van der Waals surface area contributed by atoms with Crippen LogP contribution in [0.1, 0.15) is 47.6 Å². The second kappa shape index (κ2) is 11.5. The molecule has 2 heterocycles. The Morgan fingerprint density at radius 3 is 2.26 bits per heavy atom. The Kier molecular flexibility index (Phi) is 8.55. The normalized spacial score (nSPS) is 21.9. The van der Waals surface area contributed by atoms with Gasteiger partial charge < -0.3 is 15.0 Å². The molecule has 0 aliphatic carbocycles. The molecule has 39 heavy (non-hydrogen) atoms. The van der Waals surface area contributed by atoms with Crippen molar-refractivity contribution in [3.63, 3.8) is 0 Å². The van der Waals surface area contributed by atoms with Gasteiger partial charge in [-0.2, -0.15) is 26.3 Å². The Balaban J connectivity index is 1.53. The number of rotatable bonds is 6. The molecule has 0 saturated carbocycles. The standard InChI is InChI=1S/C27H29F6N3O3/c1-17(19-11-20(26(28,29)30)13-21(12-19)27(31,32)33)39-23-7-9-36(14-22(23)18-5-3-2-4-6-18)25(38)16-35-10-8-34-24(37)15-35/h2-6,11-13,17,22-23H,7-10,14-16H2,1H3,(H,34,37)/t17-,22+,23+/m1/s1. The van der Waals surface area contributed by atoms with Gasteiger partial charge in [-0.1, -0.05) is 30.3 Å². The second-order valence-electron chi connectivity index (χ2n) is 9.86. The van der Waals surface area contributed by atoms with Crippen LogP contribution < -0.4 is 5.32 Å². The van der Waals surface area contributed by atoms with Gasteiger partial charge in [0.15, 0.2) is 0 Å². The number of carbonyl (C=O) groups is 2. The number of halogens is 6. The van der Waals surface area contributed by atoms with Crippen molar-refractivity contribution in [3.8, 4) is 0 Å². The third kappa shape index (κ3) is 7.30. The maximum atomic E-state index is 13.4. The van der Waals surface area contributed by atoms with Crippen molar-refractivity contribution >= 4 is 11.8 Å². The monoisotopic (exact) mass is 557 g/mol. The van der Waals surface area contributed by atoms with Crippen LogP contribution in [0.2, 0.25) is 0 Å². The van der Waals surface area contributed by atoms with Crippen molar-refractivity contribution < 1.29 is 40.7 Å². The molecule has 6 nitrogen and oxygen atoms in total. The molecule has 2 saturated heterocycles. The first kappa shape index (κ1) is 28.9. The third-order valence-corrected chi connectivity index (χ3v) is 7.06. The molecule has 1 N–H and O–H groups in total. The summed E-state index contributed by atoms with van der Waals surface area (Å²) in [6.07, 6.45) is -11.2. The summed E-state index contributed by atoms with van der Waals surface area (Å²) in [5.74, 6) is -0.672. The molecule has 0 spiro atoms. The van der Waals surface area contributed by atoms with E-state index in [4.69, 9.17) is 4.74 Å². The number of alkyl halides is 6. The first-order valence-corrected chi connectivity index (χ1v) is 12.6. The number of likely N-dealkylation sites (tertiary alicyclic amines) is 1. The number of benzene rings is 2. The fourth-order valence-electron chi connectivity index (χ4n) is 5.01. The van der Waals surface area contributed by atoms with Gasteiger partial charge in [-0.05, 0) is 42.7 Å². The van der Waals surface area contributed by atoms with Crippen molar-refractivity contribution in [1.29, 1.82) is 0 Å². The van der Waals surface area contributed by atoms with Crippen LogP contribution in [0.4, 0.5) is 26.3 Å². The van der Waals surface area contributed by atoms with Crippen molar-refractivity contribution in [2.75, 3.05) is 39.3 Å². The Bertz CT molecular complexity index is 1140. The first-order valence-electron chi connectivity index (χ1n) is 12.6. The number of carbonyl (C=O) groups excluding carboxylic acids is 2. The van der Waals surface area contributed by atoms with E-state index >= 15 is 0 Å². The number of ether oxygens (including phenoxy) is 1. The summed E-state index contributed by atoms with van der Waals surface area (Å²) < 4.78 is 86.4. The van der Waals surface area contributed by atoms with Crippen LogP contribution in [-0.4, -0.2) is 67.0 Å². The minimum atomic E-state index is -4.96. The van der Waals surface area contributed by atoms with E-state index in [1.54, 1.807) is 9.80 Å². The van der Waals surface area contributed by atoms with Crippen LogP contribution in [-0.2, 0) is 26.7 Å². The SMILES string of the molecule is C[C@@H](O[C@H]1CCN(C(=O)CN2CCNC(=O)C2)C[C@H]1c1ccccc1)c1cc(C(F)(F)F)cc(C(F)(F)F)c1. The first-order chi connectivity index (χ1) is 18.3. The number of nitrogens with one attached hydrogen (secondary N) is 1. The van der Waals surface area contributed by atoms with Crippen molar-refractivity contribution in [1.82, 2.24) is 15.1 Å². The lowest BCUT2D eigenvalue weighted by molar-refractivity contribution is -0.143. The molecule has 0 radical (unpaired) electrons. The lowest BCUT2D eigenvalue weighted by Gasteiger charge is -2.40. The van der Waals surface area contributed by atoms with E-state index in [2.05, 4.69) is 5.32 Å². The summed E-state index contributed by atoms with van der Waals surface area (Å²) in [6.45, 7) is 3.19. The van der Waals surface area contributed by atoms with Gasteiger partial charge in [0.2, 0.25) is 11.8 Å². The van der Waals surface area contributed by atoms with Gasteiger partial charge in [0.1, 0.15) is 0 Å². The fraction of sp³-hybridized carbons (Fsp3) is 0.481. The predicted molar refractivity (Wildman–Crippen MR) is 130 cm³/mol. The maximum absolute atomic E-state index is 13.4. The van der Waals surface area contributed by atoms with E-state index < -0.39 is 35.7 Å². The lowest BCUT2D eigenvalue weighted by atomic mass is 9.87. The van der Waals surface area contributed by atoms with E-state index in [1.165, 1.54) is 6.92 Å². The average molecular weight is 558 g/mol. The van der Waals surface area contributed by atoms with E-state index in [-0.39, 0.29) is 49.0 Å². The molecule has 3 atom stereocenters. The van der Waals surface area contributed by atoms with Gasteiger partial charge in [-0.15, -0.1) is 0 Å². The van der Waals surface area contributed by atoms with E-state index in [9.17, 15) is 35.9 Å². The third-order valence-electron chi connectivity index (χ3n) is 7.06. The molecule has 0 unspecified atom stereocenters. The zero-order valence-electron chi connectivity index (χ0n) is 21.2. The molecule has 212 valence electrons. The smallest absolute Gasteiger partial charge is 0.370 e. The van der Waals surface area contributed by atoms with Crippen molar-refractivity contribution in [2.45, 2.75) is 43.8 Å². The number of piperidine rings is 1. The van der Waals surface area contributed by atoms with Gasteiger partial charge in [0, 0.05) is 32.1 Å². The Morgan fingerprint density at radius 1 is 1.03 bits per heavy atom. The van der Waals surface area contributed by atoms with Crippen molar-refractivity contribution in [3.05, 3.63) is 70.8 Å². The highest BCUT2D eigenvalue weighted by atomic mass is 19.4. The molecule has 0 bridgehead atoms. The second-order valence-corrected chi connectivity index (χ2v) is 9.86. The summed E-state index contributed by atoms with van der Waals surface area (Å²) in [5, 5.41) is 2.71. The van der Waals surface area contributed by atoms with Gasteiger partial charge >= 0.3 is 12.4 Å². The van der Waals surface area contributed by atoms with Crippen LogP contribution in [0.3, 0.4) is 0 Å². The highest BCUT2D eigenvalue weighted by Gasteiger charge is 2.39. The summed E-state index contributed by atoms with van der Waals surface area (Å²) in [4.78, 5) is 28.2.